The minimum atomic E-state index is -0.450. The Bertz CT molecular complexity index is 610. The van der Waals surface area contributed by atoms with Crippen molar-refractivity contribution in [3.63, 3.8) is 0 Å². The van der Waals surface area contributed by atoms with E-state index >= 15 is 0 Å². The zero-order valence-electron chi connectivity index (χ0n) is 17.4. The lowest BCUT2D eigenvalue weighted by Gasteiger charge is -2.46. The Hall–Kier alpha value is -1.35. The van der Waals surface area contributed by atoms with Gasteiger partial charge in [0.15, 0.2) is 6.10 Å². The summed E-state index contributed by atoms with van der Waals surface area (Å²) in [5.74, 6) is 1.01. The molecular formula is C25H36O3. The molecule has 4 rings (SSSR count). The first kappa shape index (κ1) is 19.9. The van der Waals surface area contributed by atoms with E-state index in [1.165, 1.54) is 69.8 Å². The summed E-state index contributed by atoms with van der Waals surface area (Å²) in [6.45, 7) is 2.90. The summed E-state index contributed by atoms with van der Waals surface area (Å²) in [6.07, 6.45) is 13.0. The molecule has 3 heteroatoms. The fourth-order valence-electron chi connectivity index (χ4n) is 5.99. The monoisotopic (exact) mass is 384 g/mol. The van der Waals surface area contributed by atoms with Gasteiger partial charge in [-0.05, 0) is 56.4 Å². The van der Waals surface area contributed by atoms with Crippen LogP contribution in [0.3, 0.4) is 0 Å². The Labute approximate surface area is 170 Å². The third-order valence-electron chi connectivity index (χ3n) is 7.70. The molecule has 1 saturated heterocycles. The summed E-state index contributed by atoms with van der Waals surface area (Å²) in [7, 11) is 0. The second kappa shape index (κ2) is 8.98. The number of rotatable bonds is 5. The van der Waals surface area contributed by atoms with Gasteiger partial charge in [-0.1, -0.05) is 68.9 Å². The van der Waals surface area contributed by atoms with Crippen molar-refractivity contribution in [3.8, 4) is 0 Å². The predicted octanol–water partition coefficient (Wildman–Crippen LogP) is 6.02. The quantitative estimate of drug-likeness (QED) is 0.582. The molecule has 0 N–H and O–H groups in total. The average molecular weight is 385 g/mol. The van der Waals surface area contributed by atoms with Crippen LogP contribution < -0.4 is 0 Å². The molecule has 1 aromatic carbocycles. The van der Waals surface area contributed by atoms with Gasteiger partial charge in [0.2, 0.25) is 0 Å². The number of hydrogen-bond acceptors (Lipinski definition) is 3. The molecule has 154 valence electrons. The second-order valence-electron chi connectivity index (χ2n) is 9.37. The van der Waals surface area contributed by atoms with Crippen molar-refractivity contribution >= 4 is 5.97 Å². The Kier molecular flexibility index (Phi) is 6.40. The zero-order valence-corrected chi connectivity index (χ0v) is 17.4. The largest absolute Gasteiger partial charge is 0.457 e. The van der Waals surface area contributed by atoms with Gasteiger partial charge in [0, 0.05) is 12.5 Å². The highest BCUT2D eigenvalue weighted by atomic mass is 16.6. The van der Waals surface area contributed by atoms with Gasteiger partial charge in [0.1, 0.15) is 5.60 Å². The Morgan fingerprint density at radius 1 is 0.893 bits per heavy atom. The first-order valence-electron chi connectivity index (χ1n) is 11.6. The summed E-state index contributed by atoms with van der Waals surface area (Å²) < 4.78 is 12.4. The van der Waals surface area contributed by atoms with Gasteiger partial charge < -0.3 is 9.47 Å². The molecule has 0 bridgehead atoms. The van der Waals surface area contributed by atoms with Gasteiger partial charge in [-0.2, -0.15) is 0 Å². The highest BCUT2D eigenvalue weighted by molar-refractivity contribution is 5.77. The number of hydrogen-bond donors (Lipinski definition) is 0. The first-order chi connectivity index (χ1) is 13.7. The molecule has 1 aliphatic heterocycles. The van der Waals surface area contributed by atoms with Crippen molar-refractivity contribution < 1.29 is 14.3 Å². The van der Waals surface area contributed by atoms with Gasteiger partial charge in [-0.3, -0.25) is 0 Å². The van der Waals surface area contributed by atoms with Crippen LogP contribution in [0.15, 0.2) is 30.3 Å². The van der Waals surface area contributed by atoms with Crippen LogP contribution in [0.1, 0.15) is 89.0 Å². The van der Waals surface area contributed by atoms with E-state index in [0.29, 0.717) is 18.4 Å². The maximum absolute atomic E-state index is 13.4. The second-order valence-corrected chi connectivity index (χ2v) is 9.37. The van der Waals surface area contributed by atoms with E-state index in [9.17, 15) is 4.79 Å². The lowest BCUT2D eigenvalue weighted by atomic mass is 9.67. The highest BCUT2D eigenvalue weighted by Gasteiger charge is 2.47. The third-order valence-corrected chi connectivity index (χ3v) is 7.70. The van der Waals surface area contributed by atoms with Crippen LogP contribution in [-0.4, -0.2) is 24.3 Å². The van der Waals surface area contributed by atoms with Crippen molar-refractivity contribution in [3.05, 3.63) is 35.9 Å². The molecule has 0 radical (unpaired) electrons. The number of benzene rings is 1. The van der Waals surface area contributed by atoms with Gasteiger partial charge >= 0.3 is 5.97 Å². The number of carbonyl (C=O) groups is 1. The summed E-state index contributed by atoms with van der Waals surface area (Å²) in [4.78, 5) is 13.4. The highest BCUT2D eigenvalue weighted by Crippen LogP contribution is 2.46. The molecule has 2 aliphatic carbocycles. The average Bonchev–Trinajstić information content (AvgIpc) is 3.26. The van der Waals surface area contributed by atoms with E-state index in [1.807, 2.05) is 18.2 Å². The van der Waals surface area contributed by atoms with E-state index < -0.39 is 6.10 Å². The van der Waals surface area contributed by atoms with Crippen LogP contribution in [0, 0.1) is 11.8 Å². The fourth-order valence-corrected chi connectivity index (χ4v) is 5.99. The SMILES string of the molecule is CC(OC(=O)[C@H]1OCC[C@@H]1c1ccccc1)(C1CCCCC1)C1CCCCC1. The van der Waals surface area contributed by atoms with Crippen molar-refractivity contribution in [2.24, 2.45) is 11.8 Å². The van der Waals surface area contributed by atoms with Gasteiger partial charge in [-0.15, -0.1) is 0 Å². The number of ether oxygens (including phenoxy) is 2. The fraction of sp³-hybridized carbons (Fsp3) is 0.720. The molecule has 0 unspecified atom stereocenters. The molecule has 1 aromatic rings. The Balaban J connectivity index is 1.52. The molecule has 2 atom stereocenters. The van der Waals surface area contributed by atoms with Gasteiger partial charge in [-0.25, -0.2) is 4.79 Å². The molecule has 0 aromatic heterocycles. The maximum atomic E-state index is 13.4. The normalized spacial score (nSPS) is 27.6. The third kappa shape index (κ3) is 4.15. The number of esters is 1. The summed E-state index contributed by atoms with van der Waals surface area (Å²) in [6, 6.07) is 10.3. The molecule has 28 heavy (non-hydrogen) atoms. The molecule has 0 spiro atoms. The molecule has 2 saturated carbocycles. The Morgan fingerprint density at radius 3 is 2.04 bits per heavy atom. The van der Waals surface area contributed by atoms with Crippen LogP contribution in [0.5, 0.6) is 0 Å². The summed E-state index contributed by atoms with van der Waals surface area (Å²) in [5, 5.41) is 0. The van der Waals surface area contributed by atoms with Crippen LogP contribution in [0.2, 0.25) is 0 Å². The summed E-state index contributed by atoms with van der Waals surface area (Å²) >= 11 is 0. The van der Waals surface area contributed by atoms with Gasteiger partial charge in [0.25, 0.3) is 0 Å². The standard InChI is InChI=1S/C25H36O3/c1-25(20-13-7-3-8-14-20,21-15-9-4-10-16-21)28-24(26)23-22(17-18-27-23)19-11-5-2-6-12-19/h2,5-6,11-12,20-23H,3-4,7-10,13-18H2,1H3/t22-,23+/m1/s1. The van der Waals surface area contributed by atoms with Crippen molar-refractivity contribution in [2.75, 3.05) is 6.61 Å². The van der Waals surface area contributed by atoms with Crippen molar-refractivity contribution in [1.29, 1.82) is 0 Å². The zero-order chi connectivity index (χ0) is 19.4. The first-order valence-corrected chi connectivity index (χ1v) is 11.6. The van der Waals surface area contributed by atoms with Crippen LogP contribution in [-0.2, 0) is 14.3 Å². The molecular weight excluding hydrogens is 348 g/mol. The van der Waals surface area contributed by atoms with E-state index in [2.05, 4.69) is 19.1 Å². The van der Waals surface area contributed by atoms with Crippen molar-refractivity contribution in [1.82, 2.24) is 0 Å². The topological polar surface area (TPSA) is 35.5 Å². The van der Waals surface area contributed by atoms with E-state index in [1.54, 1.807) is 0 Å². The van der Waals surface area contributed by atoms with Crippen LogP contribution in [0.4, 0.5) is 0 Å². The molecule has 3 nitrogen and oxygen atoms in total. The van der Waals surface area contributed by atoms with Crippen molar-refractivity contribution in [2.45, 2.75) is 95.2 Å². The van der Waals surface area contributed by atoms with E-state index in [-0.39, 0.29) is 17.5 Å². The molecule has 1 heterocycles. The minimum absolute atomic E-state index is 0.120. The number of carbonyl (C=O) groups excluding carboxylic acids is 1. The van der Waals surface area contributed by atoms with Gasteiger partial charge in [0.05, 0.1) is 0 Å². The maximum Gasteiger partial charge on any atom is 0.336 e. The van der Waals surface area contributed by atoms with E-state index in [4.69, 9.17) is 9.47 Å². The smallest absolute Gasteiger partial charge is 0.336 e. The minimum Gasteiger partial charge on any atom is -0.457 e. The Morgan fingerprint density at radius 2 is 1.46 bits per heavy atom. The van der Waals surface area contributed by atoms with Crippen LogP contribution >= 0.6 is 0 Å². The van der Waals surface area contributed by atoms with Crippen LogP contribution in [0.25, 0.3) is 0 Å². The summed E-state index contributed by atoms with van der Waals surface area (Å²) in [5.41, 5.74) is 0.865. The molecule has 0 amide bonds. The predicted molar refractivity (Wildman–Crippen MR) is 111 cm³/mol. The lowest BCUT2D eigenvalue weighted by molar-refractivity contribution is -0.187. The lowest BCUT2D eigenvalue weighted by Crippen LogP contribution is -2.49. The molecule has 3 aliphatic rings. The molecule has 3 fully saturated rings. The van der Waals surface area contributed by atoms with E-state index in [0.717, 1.165) is 6.42 Å².